The van der Waals surface area contributed by atoms with Gasteiger partial charge in [0.2, 0.25) is 5.91 Å². The quantitative estimate of drug-likeness (QED) is 0.917. The second-order valence-electron chi connectivity index (χ2n) is 5.85. The number of carboxylic acids is 1. The Morgan fingerprint density at radius 2 is 1.70 bits per heavy atom. The minimum atomic E-state index is -0.735. The molecule has 106 valence electrons. The molecule has 3 rings (SSSR count). The molecule has 1 N–H and O–H groups in total. The fraction of sp³-hybridized carbons (Fsp3) is 0.500. The maximum absolute atomic E-state index is 12.7. The van der Waals surface area contributed by atoms with E-state index in [0.717, 1.165) is 18.4 Å². The summed E-state index contributed by atoms with van der Waals surface area (Å²) in [5.41, 5.74) is 0.780. The van der Waals surface area contributed by atoms with E-state index in [-0.39, 0.29) is 17.2 Å². The third kappa shape index (κ3) is 2.19. The van der Waals surface area contributed by atoms with E-state index < -0.39 is 5.97 Å². The summed E-state index contributed by atoms with van der Waals surface area (Å²) in [5.74, 6) is -0.834. The van der Waals surface area contributed by atoms with Gasteiger partial charge in [-0.2, -0.15) is 0 Å². The van der Waals surface area contributed by atoms with Crippen LogP contribution < -0.4 is 0 Å². The van der Waals surface area contributed by atoms with Gasteiger partial charge >= 0.3 is 5.97 Å². The van der Waals surface area contributed by atoms with Gasteiger partial charge in [0.05, 0.1) is 11.3 Å². The van der Waals surface area contributed by atoms with Gasteiger partial charge in [-0.1, -0.05) is 30.3 Å². The lowest BCUT2D eigenvalue weighted by Crippen LogP contribution is -2.45. The third-order valence-corrected chi connectivity index (χ3v) is 4.62. The molecular formula is C16H19NO3. The molecule has 1 aliphatic heterocycles. The smallest absolute Gasteiger partial charge is 0.306 e. The normalized spacial score (nSPS) is 21.5. The van der Waals surface area contributed by atoms with Crippen LogP contribution in [0.3, 0.4) is 0 Å². The number of amides is 1. The Hall–Kier alpha value is -1.84. The largest absolute Gasteiger partial charge is 0.481 e. The summed E-state index contributed by atoms with van der Waals surface area (Å²) in [5, 5.41) is 9.01. The van der Waals surface area contributed by atoms with E-state index in [1.165, 1.54) is 0 Å². The van der Waals surface area contributed by atoms with E-state index in [4.69, 9.17) is 5.11 Å². The highest BCUT2D eigenvalue weighted by Crippen LogP contribution is 2.49. The number of likely N-dealkylation sites (tertiary alicyclic amines) is 1. The molecular weight excluding hydrogens is 254 g/mol. The van der Waals surface area contributed by atoms with Crippen LogP contribution in [0.5, 0.6) is 0 Å². The topological polar surface area (TPSA) is 57.6 Å². The van der Waals surface area contributed by atoms with Crippen LogP contribution in [-0.4, -0.2) is 35.0 Å². The molecule has 1 aromatic rings. The maximum atomic E-state index is 12.7. The van der Waals surface area contributed by atoms with Gasteiger partial charge in [0, 0.05) is 13.1 Å². The molecule has 0 radical (unpaired) electrons. The first kappa shape index (κ1) is 13.2. The van der Waals surface area contributed by atoms with Crippen LogP contribution in [0.2, 0.25) is 0 Å². The first-order valence-electron chi connectivity index (χ1n) is 7.21. The third-order valence-electron chi connectivity index (χ3n) is 4.62. The average molecular weight is 273 g/mol. The molecule has 0 bridgehead atoms. The standard InChI is InChI=1S/C16H19NO3/c18-14(19)12-6-10-17(11-7-12)15(20)16(8-9-16)13-4-2-1-3-5-13/h1-5,12H,6-11H2,(H,18,19). The molecule has 4 nitrogen and oxygen atoms in total. The predicted octanol–water partition coefficient (Wildman–Crippen LogP) is 2.04. The van der Waals surface area contributed by atoms with E-state index in [0.29, 0.717) is 25.9 Å². The number of carbonyl (C=O) groups is 2. The van der Waals surface area contributed by atoms with Crippen LogP contribution in [0.25, 0.3) is 0 Å². The lowest BCUT2D eigenvalue weighted by molar-refractivity contribution is -0.146. The van der Waals surface area contributed by atoms with Crippen LogP contribution in [-0.2, 0) is 15.0 Å². The van der Waals surface area contributed by atoms with E-state index in [1.54, 1.807) is 0 Å². The van der Waals surface area contributed by atoms with Gasteiger partial charge in [-0.25, -0.2) is 0 Å². The van der Waals surface area contributed by atoms with Gasteiger partial charge in [0.1, 0.15) is 0 Å². The highest BCUT2D eigenvalue weighted by Gasteiger charge is 2.53. The van der Waals surface area contributed by atoms with E-state index in [9.17, 15) is 9.59 Å². The Morgan fingerprint density at radius 3 is 2.20 bits per heavy atom. The van der Waals surface area contributed by atoms with Crippen molar-refractivity contribution in [2.75, 3.05) is 13.1 Å². The van der Waals surface area contributed by atoms with Crippen molar-refractivity contribution in [1.82, 2.24) is 4.90 Å². The number of rotatable bonds is 3. The molecule has 0 unspecified atom stereocenters. The molecule has 1 aromatic carbocycles. The molecule has 4 heteroatoms. The second-order valence-corrected chi connectivity index (χ2v) is 5.85. The molecule has 1 saturated carbocycles. The van der Waals surface area contributed by atoms with Gasteiger partial charge < -0.3 is 10.0 Å². The average Bonchev–Trinajstić information content (AvgIpc) is 3.29. The van der Waals surface area contributed by atoms with Gasteiger partial charge in [-0.3, -0.25) is 9.59 Å². The monoisotopic (exact) mass is 273 g/mol. The summed E-state index contributed by atoms with van der Waals surface area (Å²) in [4.78, 5) is 25.6. The highest BCUT2D eigenvalue weighted by atomic mass is 16.4. The number of piperidine rings is 1. The van der Waals surface area contributed by atoms with Crippen LogP contribution in [0.1, 0.15) is 31.2 Å². The summed E-state index contributed by atoms with van der Waals surface area (Å²) in [6.07, 6.45) is 2.97. The van der Waals surface area contributed by atoms with Gasteiger partial charge in [0.25, 0.3) is 0 Å². The summed E-state index contributed by atoms with van der Waals surface area (Å²) >= 11 is 0. The molecule has 0 aromatic heterocycles. The summed E-state index contributed by atoms with van der Waals surface area (Å²) in [6, 6.07) is 9.95. The van der Waals surface area contributed by atoms with Crippen LogP contribution in [0, 0.1) is 5.92 Å². The lowest BCUT2D eigenvalue weighted by Gasteiger charge is -2.33. The Labute approximate surface area is 118 Å². The van der Waals surface area contributed by atoms with Crippen molar-refractivity contribution < 1.29 is 14.7 Å². The fourth-order valence-corrected chi connectivity index (χ4v) is 3.14. The van der Waals surface area contributed by atoms with Crippen LogP contribution in [0.4, 0.5) is 0 Å². The van der Waals surface area contributed by atoms with Gasteiger partial charge in [-0.15, -0.1) is 0 Å². The summed E-state index contributed by atoms with van der Waals surface area (Å²) in [7, 11) is 0. The van der Waals surface area contributed by atoms with Crippen LogP contribution >= 0.6 is 0 Å². The van der Waals surface area contributed by atoms with Crippen molar-refractivity contribution in [2.24, 2.45) is 5.92 Å². The Bertz CT molecular complexity index is 514. The van der Waals surface area contributed by atoms with E-state index >= 15 is 0 Å². The molecule has 1 saturated heterocycles. The fourth-order valence-electron chi connectivity index (χ4n) is 3.14. The van der Waals surface area contributed by atoms with Crippen molar-refractivity contribution in [3.05, 3.63) is 35.9 Å². The number of benzene rings is 1. The predicted molar refractivity (Wildman–Crippen MR) is 74.3 cm³/mol. The zero-order chi connectivity index (χ0) is 14.2. The number of carboxylic acid groups (broad SMARTS) is 1. The molecule has 2 aliphatic rings. The van der Waals surface area contributed by atoms with Crippen molar-refractivity contribution >= 4 is 11.9 Å². The number of hydrogen-bond donors (Lipinski definition) is 1. The zero-order valence-corrected chi connectivity index (χ0v) is 11.4. The number of aliphatic carboxylic acids is 1. The zero-order valence-electron chi connectivity index (χ0n) is 11.4. The van der Waals surface area contributed by atoms with Crippen LogP contribution in [0.15, 0.2) is 30.3 Å². The minimum absolute atomic E-state index is 0.188. The van der Waals surface area contributed by atoms with Crippen molar-refractivity contribution in [3.63, 3.8) is 0 Å². The molecule has 1 aliphatic carbocycles. The second kappa shape index (κ2) is 4.93. The Kier molecular flexibility index (Phi) is 3.24. The van der Waals surface area contributed by atoms with E-state index in [2.05, 4.69) is 0 Å². The Morgan fingerprint density at radius 1 is 1.10 bits per heavy atom. The SMILES string of the molecule is O=C(O)C1CCN(C(=O)C2(c3ccccc3)CC2)CC1. The molecule has 1 heterocycles. The molecule has 20 heavy (non-hydrogen) atoms. The maximum Gasteiger partial charge on any atom is 0.306 e. The Balaban J connectivity index is 1.70. The van der Waals surface area contributed by atoms with Crippen molar-refractivity contribution in [3.8, 4) is 0 Å². The molecule has 1 amide bonds. The number of carbonyl (C=O) groups excluding carboxylic acids is 1. The highest BCUT2D eigenvalue weighted by molar-refractivity contribution is 5.91. The van der Waals surface area contributed by atoms with Crippen molar-refractivity contribution in [2.45, 2.75) is 31.1 Å². The molecule has 0 atom stereocenters. The number of nitrogens with zero attached hydrogens (tertiary/aromatic N) is 1. The molecule has 2 fully saturated rings. The lowest BCUT2D eigenvalue weighted by atomic mass is 9.91. The van der Waals surface area contributed by atoms with Gasteiger partial charge in [0.15, 0.2) is 0 Å². The first-order valence-corrected chi connectivity index (χ1v) is 7.21. The first-order chi connectivity index (χ1) is 9.63. The van der Waals surface area contributed by atoms with Crippen molar-refractivity contribution in [1.29, 1.82) is 0 Å². The minimum Gasteiger partial charge on any atom is -0.481 e. The summed E-state index contributed by atoms with van der Waals surface area (Å²) in [6.45, 7) is 1.15. The number of hydrogen-bond acceptors (Lipinski definition) is 2. The molecule has 0 spiro atoms. The summed E-state index contributed by atoms with van der Waals surface area (Å²) < 4.78 is 0. The van der Waals surface area contributed by atoms with Gasteiger partial charge in [-0.05, 0) is 31.2 Å². The van der Waals surface area contributed by atoms with E-state index in [1.807, 2.05) is 35.2 Å².